The Hall–Kier alpha value is -2.84. The van der Waals surface area contributed by atoms with Crippen LogP contribution >= 0.6 is 0 Å². The van der Waals surface area contributed by atoms with E-state index in [9.17, 15) is 9.18 Å². The molecule has 1 heterocycles. The number of benzene rings is 2. The molecule has 1 N–H and O–H groups in total. The van der Waals surface area contributed by atoms with Crippen molar-refractivity contribution in [3.8, 4) is 5.75 Å². The van der Waals surface area contributed by atoms with Gasteiger partial charge in [0.1, 0.15) is 18.2 Å². The number of hydrogen-bond acceptors (Lipinski definition) is 5. The van der Waals surface area contributed by atoms with Crippen LogP contribution in [0.4, 0.5) is 9.18 Å². The number of hydrogen-bond donors (Lipinski definition) is 1. The van der Waals surface area contributed by atoms with Gasteiger partial charge in [-0.1, -0.05) is 36.4 Å². The molecule has 170 valence electrons. The van der Waals surface area contributed by atoms with Gasteiger partial charge in [0.25, 0.3) is 0 Å². The maximum atomic E-state index is 14.5. The topological polar surface area (TPSA) is 66.0 Å². The Morgan fingerprint density at radius 3 is 2.38 bits per heavy atom. The number of alkyl carbamates (subject to hydrolysis) is 1. The normalized spacial score (nSPS) is 17.2. The minimum absolute atomic E-state index is 0.0566. The summed E-state index contributed by atoms with van der Waals surface area (Å²) in [5.74, 6) is 0.0904. The van der Waals surface area contributed by atoms with E-state index in [1.165, 1.54) is 13.2 Å². The number of ether oxygens (including phenoxy) is 2. The zero-order valence-electron chi connectivity index (χ0n) is 19.1. The second kappa shape index (κ2) is 9.75. The van der Waals surface area contributed by atoms with Gasteiger partial charge in [0, 0.05) is 12.1 Å². The Morgan fingerprint density at radius 2 is 1.75 bits per heavy atom. The molecule has 1 aliphatic rings. The lowest BCUT2D eigenvalue weighted by atomic mass is 9.77. The monoisotopic (exact) mass is 441 g/mol. The van der Waals surface area contributed by atoms with Crippen molar-refractivity contribution >= 4 is 19.3 Å². The molecule has 6 nitrogen and oxygen atoms in total. The van der Waals surface area contributed by atoms with Crippen LogP contribution in [0.15, 0.2) is 54.0 Å². The first kappa shape index (κ1) is 23.8. The summed E-state index contributed by atoms with van der Waals surface area (Å²) in [6.45, 7) is 7.92. The van der Waals surface area contributed by atoms with Gasteiger partial charge in [-0.05, 0) is 56.9 Å². The predicted molar refractivity (Wildman–Crippen MR) is 122 cm³/mol. The van der Waals surface area contributed by atoms with Gasteiger partial charge in [0.05, 0.1) is 18.3 Å². The van der Waals surface area contributed by atoms with Crippen LogP contribution in [0, 0.1) is 5.82 Å². The van der Waals surface area contributed by atoms with Gasteiger partial charge < -0.3 is 24.1 Å². The Morgan fingerprint density at radius 1 is 1.09 bits per heavy atom. The van der Waals surface area contributed by atoms with Crippen molar-refractivity contribution in [2.24, 2.45) is 0 Å². The van der Waals surface area contributed by atoms with Gasteiger partial charge in [-0.2, -0.15) is 0 Å². The molecule has 0 radical (unpaired) electrons. The molecular weight excluding hydrogens is 412 g/mol. The fraction of sp³-hybridized carbons (Fsp3) is 0.375. The average molecular weight is 441 g/mol. The van der Waals surface area contributed by atoms with E-state index in [4.69, 9.17) is 18.8 Å². The average Bonchev–Trinajstić information content (AvgIpc) is 2.98. The number of carbonyl (C=O) groups is 1. The second-order valence-corrected chi connectivity index (χ2v) is 8.61. The van der Waals surface area contributed by atoms with Gasteiger partial charge in [-0.15, -0.1) is 0 Å². The van der Waals surface area contributed by atoms with Crippen LogP contribution in [0.2, 0.25) is 0 Å². The molecule has 1 fully saturated rings. The van der Waals surface area contributed by atoms with Crippen LogP contribution in [-0.2, 0) is 20.7 Å². The largest absolute Gasteiger partial charge is 0.497 e. The number of rotatable bonds is 7. The smallest absolute Gasteiger partial charge is 0.492 e. The highest BCUT2D eigenvalue weighted by Gasteiger charge is 2.52. The van der Waals surface area contributed by atoms with Crippen LogP contribution in [0.3, 0.4) is 0 Å². The molecule has 3 rings (SSSR count). The van der Waals surface area contributed by atoms with E-state index in [1.54, 1.807) is 18.2 Å². The standard InChI is InChI=1S/C24H29BFNO5/c1-23(2)24(3,4)32-25(31-23)19(13-18-14-20(29-5)11-12-21(18)26)15-27-22(28)30-16-17-9-7-6-8-10-17/h6-14H,15-16H2,1-5H3,(H,27,28). The van der Waals surface area contributed by atoms with Crippen molar-refractivity contribution in [1.82, 2.24) is 5.32 Å². The SMILES string of the molecule is COc1ccc(F)c(C=C(CNC(=O)OCc2ccccc2)B2OC(C)(C)C(C)(C)O2)c1. The summed E-state index contributed by atoms with van der Waals surface area (Å²) in [5.41, 5.74) is 0.554. The number of halogens is 1. The highest BCUT2D eigenvalue weighted by atomic mass is 19.1. The van der Waals surface area contributed by atoms with Crippen molar-refractivity contribution in [1.29, 1.82) is 0 Å². The molecule has 1 aliphatic heterocycles. The molecule has 2 aromatic carbocycles. The summed E-state index contributed by atoms with van der Waals surface area (Å²) in [6.07, 6.45) is 1.01. The minimum atomic E-state index is -0.764. The zero-order chi connectivity index (χ0) is 23.4. The van der Waals surface area contributed by atoms with Crippen molar-refractivity contribution in [2.45, 2.75) is 45.5 Å². The third-order valence-corrected chi connectivity index (χ3v) is 5.75. The lowest BCUT2D eigenvalue weighted by Crippen LogP contribution is -2.41. The van der Waals surface area contributed by atoms with E-state index < -0.39 is 30.2 Å². The molecule has 2 aromatic rings. The van der Waals surface area contributed by atoms with Crippen molar-refractivity contribution in [3.63, 3.8) is 0 Å². The summed E-state index contributed by atoms with van der Waals surface area (Å²) in [7, 11) is 0.750. The molecule has 1 amide bonds. The van der Waals surface area contributed by atoms with Gasteiger partial charge >= 0.3 is 13.2 Å². The van der Waals surface area contributed by atoms with Crippen LogP contribution in [-0.4, -0.2) is 38.1 Å². The Kier molecular flexibility index (Phi) is 7.26. The van der Waals surface area contributed by atoms with Gasteiger partial charge in [0.15, 0.2) is 0 Å². The number of amides is 1. The van der Waals surface area contributed by atoms with E-state index in [0.29, 0.717) is 16.8 Å². The van der Waals surface area contributed by atoms with Crippen LogP contribution < -0.4 is 10.1 Å². The zero-order valence-corrected chi connectivity index (χ0v) is 19.1. The van der Waals surface area contributed by atoms with Crippen molar-refractivity contribution in [3.05, 3.63) is 70.9 Å². The molecule has 0 aromatic heterocycles. The second-order valence-electron chi connectivity index (χ2n) is 8.61. The minimum Gasteiger partial charge on any atom is -0.497 e. The molecule has 0 aliphatic carbocycles. The lowest BCUT2D eigenvalue weighted by molar-refractivity contribution is 0.00578. The van der Waals surface area contributed by atoms with Crippen LogP contribution in [0.5, 0.6) is 5.75 Å². The Balaban J connectivity index is 1.77. The fourth-order valence-electron chi connectivity index (χ4n) is 3.10. The van der Waals surface area contributed by atoms with Crippen molar-refractivity contribution < 1.29 is 28.0 Å². The number of nitrogens with one attached hydrogen (secondary N) is 1. The maximum absolute atomic E-state index is 14.5. The fourth-order valence-corrected chi connectivity index (χ4v) is 3.10. The van der Waals surface area contributed by atoms with Gasteiger partial charge in [-0.3, -0.25) is 0 Å². The Bertz CT molecular complexity index is 962. The molecule has 0 saturated carbocycles. The molecule has 0 spiro atoms. The van der Waals surface area contributed by atoms with Crippen LogP contribution in [0.25, 0.3) is 6.08 Å². The van der Waals surface area contributed by atoms with E-state index in [2.05, 4.69) is 5.32 Å². The summed E-state index contributed by atoms with van der Waals surface area (Å²) in [5, 5.41) is 2.71. The van der Waals surface area contributed by atoms with E-state index in [-0.39, 0.29) is 13.2 Å². The quantitative estimate of drug-likeness (QED) is 0.627. The van der Waals surface area contributed by atoms with Gasteiger partial charge in [0.2, 0.25) is 0 Å². The highest BCUT2D eigenvalue weighted by Crippen LogP contribution is 2.39. The van der Waals surface area contributed by atoms with E-state index in [1.807, 2.05) is 58.0 Å². The maximum Gasteiger partial charge on any atom is 0.492 e. The summed E-state index contributed by atoms with van der Waals surface area (Å²) < 4.78 is 37.2. The molecule has 8 heteroatoms. The third kappa shape index (κ3) is 5.69. The lowest BCUT2D eigenvalue weighted by Gasteiger charge is -2.32. The summed E-state index contributed by atoms with van der Waals surface area (Å²) in [4.78, 5) is 12.3. The summed E-state index contributed by atoms with van der Waals surface area (Å²) >= 11 is 0. The molecule has 32 heavy (non-hydrogen) atoms. The first-order valence-electron chi connectivity index (χ1n) is 10.5. The van der Waals surface area contributed by atoms with Gasteiger partial charge in [-0.25, -0.2) is 9.18 Å². The molecule has 0 bridgehead atoms. The molecule has 0 atom stereocenters. The van der Waals surface area contributed by atoms with Crippen LogP contribution in [0.1, 0.15) is 38.8 Å². The Labute approximate surface area is 188 Å². The first-order valence-corrected chi connectivity index (χ1v) is 10.5. The third-order valence-electron chi connectivity index (χ3n) is 5.75. The highest BCUT2D eigenvalue weighted by molar-refractivity contribution is 6.56. The van der Waals surface area contributed by atoms with E-state index in [0.717, 1.165) is 5.56 Å². The summed E-state index contributed by atoms with van der Waals surface area (Å²) in [6, 6.07) is 13.8. The number of carbonyl (C=O) groups excluding carboxylic acids is 1. The first-order chi connectivity index (χ1) is 15.1. The van der Waals surface area contributed by atoms with E-state index >= 15 is 0 Å². The number of methoxy groups -OCH3 is 1. The predicted octanol–water partition coefficient (Wildman–Crippen LogP) is 4.78. The molecule has 0 unspecified atom stereocenters. The van der Waals surface area contributed by atoms with Crippen molar-refractivity contribution in [2.75, 3.05) is 13.7 Å². The molecule has 1 saturated heterocycles. The molecular formula is C24H29BFNO5.